The second-order valence-corrected chi connectivity index (χ2v) is 10.8. The van der Waals surface area contributed by atoms with E-state index in [-0.39, 0.29) is 17.7 Å². The molecule has 0 radical (unpaired) electrons. The van der Waals surface area contributed by atoms with Gasteiger partial charge >= 0.3 is 6.09 Å². The van der Waals surface area contributed by atoms with Gasteiger partial charge in [-0.25, -0.2) is 4.79 Å². The molecule has 2 atom stereocenters. The van der Waals surface area contributed by atoms with Crippen molar-refractivity contribution in [1.82, 2.24) is 10.2 Å². The van der Waals surface area contributed by atoms with E-state index in [1.165, 1.54) is 4.90 Å². The Morgan fingerprint density at radius 2 is 1.57 bits per heavy atom. The van der Waals surface area contributed by atoms with Crippen molar-refractivity contribution >= 4 is 36.2 Å². The summed E-state index contributed by atoms with van der Waals surface area (Å²) in [5, 5.41) is 5.69. The Hall–Kier alpha value is -3.00. The van der Waals surface area contributed by atoms with E-state index in [4.69, 9.17) is 4.74 Å². The first-order valence-corrected chi connectivity index (χ1v) is 13.3. The lowest BCUT2D eigenvalue weighted by Gasteiger charge is -2.37. The smallest absolute Gasteiger partial charge is 0.408 e. The van der Waals surface area contributed by atoms with Crippen LogP contribution >= 0.6 is 12.6 Å². The van der Waals surface area contributed by atoms with E-state index >= 15 is 0 Å². The average molecular weight is 528 g/mol. The molecule has 0 aromatic heterocycles. The van der Waals surface area contributed by atoms with E-state index in [1.54, 1.807) is 20.8 Å². The zero-order chi connectivity index (χ0) is 27.9. The molecule has 0 aliphatic rings. The Balaban J connectivity index is 2.51. The van der Waals surface area contributed by atoms with Crippen LogP contribution in [0.25, 0.3) is 0 Å². The molecule has 8 heteroatoms. The van der Waals surface area contributed by atoms with E-state index in [0.29, 0.717) is 5.56 Å². The van der Waals surface area contributed by atoms with E-state index in [2.05, 4.69) is 30.2 Å². The van der Waals surface area contributed by atoms with Crippen LogP contribution in [0.1, 0.15) is 69.8 Å². The normalized spacial score (nSPS) is 13.0. The summed E-state index contributed by atoms with van der Waals surface area (Å²) in [6.45, 7) is 14.9. The number of benzene rings is 2. The fourth-order valence-electron chi connectivity index (χ4n) is 4.07. The van der Waals surface area contributed by atoms with E-state index < -0.39 is 29.7 Å². The molecule has 7 nitrogen and oxygen atoms in total. The molecule has 0 bridgehead atoms. The van der Waals surface area contributed by atoms with Crippen molar-refractivity contribution in [2.75, 3.05) is 11.1 Å². The molecule has 2 unspecified atom stereocenters. The fraction of sp³-hybridized carbons (Fsp3) is 0.483. The molecule has 0 fully saturated rings. The molecule has 0 aliphatic carbocycles. The standard InChI is InChI=1S/C29H41N3O4S/c1-9-21-13-15-22(16-14-21)25(26(33)31-24-19(4)11-10-12-20(24)5)32(18(2)3)27(34)23(17-37)30-28(35)36-29(6,7)8/h10-16,18,23,25,37H,9,17H2,1-8H3,(H,30,35)(H,31,33). The molecule has 37 heavy (non-hydrogen) atoms. The molecule has 0 heterocycles. The summed E-state index contributed by atoms with van der Waals surface area (Å²) in [6, 6.07) is 11.2. The number of amides is 3. The molecule has 2 N–H and O–H groups in total. The van der Waals surface area contributed by atoms with Crippen LogP contribution < -0.4 is 10.6 Å². The van der Waals surface area contributed by atoms with Gasteiger partial charge in [-0.15, -0.1) is 0 Å². The third kappa shape index (κ3) is 8.25. The van der Waals surface area contributed by atoms with Crippen LogP contribution in [0.4, 0.5) is 10.5 Å². The molecule has 2 rings (SSSR count). The summed E-state index contributed by atoms with van der Waals surface area (Å²) >= 11 is 4.33. The summed E-state index contributed by atoms with van der Waals surface area (Å²) in [5.74, 6) is -0.711. The van der Waals surface area contributed by atoms with Crippen LogP contribution in [0.5, 0.6) is 0 Å². The van der Waals surface area contributed by atoms with Gasteiger partial charge in [0, 0.05) is 17.5 Å². The van der Waals surface area contributed by atoms with Crippen molar-refractivity contribution < 1.29 is 19.1 Å². The SMILES string of the molecule is CCc1ccc(C(C(=O)Nc2c(C)cccc2C)N(C(=O)C(CS)NC(=O)OC(C)(C)C)C(C)C)cc1. The van der Waals surface area contributed by atoms with Gasteiger partial charge in [0.2, 0.25) is 5.91 Å². The summed E-state index contributed by atoms with van der Waals surface area (Å²) in [5.41, 5.74) is 3.65. The zero-order valence-electron chi connectivity index (χ0n) is 23.2. The van der Waals surface area contributed by atoms with E-state index in [1.807, 2.05) is 70.2 Å². The lowest BCUT2D eigenvalue weighted by molar-refractivity contribution is -0.142. The number of para-hydroxylation sites is 1. The van der Waals surface area contributed by atoms with Crippen molar-refractivity contribution in [1.29, 1.82) is 0 Å². The van der Waals surface area contributed by atoms with Crippen molar-refractivity contribution in [3.63, 3.8) is 0 Å². The van der Waals surface area contributed by atoms with Gasteiger partial charge in [0.05, 0.1) is 0 Å². The van der Waals surface area contributed by atoms with Gasteiger partial charge in [-0.2, -0.15) is 12.6 Å². The second kappa shape index (κ2) is 13.0. The number of thiol groups is 1. The maximum absolute atomic E-state index is 13.9. The van der Waals surface area contributed by atoms with Crippen LogP contribution in [-0.2, 0) is 20.7 Å². The molecule has 202 valence electrons. The number of nitrogens with one attached hydrogen (secondary N) is 2. The highest BCUT2D eigenvalue weighted by Gasteiger charge is 2.37. The number of nitrogens with zero attached hydrogens (tertiary/aromatic N) is 1. The predicted molar refractivity (Wildman–Crippen MR) is 152 cm³/mol. The van der Waals surface area contributed by atoms with Gasteiger partial charge in [-0.05, 0) is 77.1 Å². The van der Waals surface area contributed by atoms with Crippen molar-refractivity contribution in [2.24, 2.45) is 0 Å². The zero-order valence-corrected chi connectivity index (χ0v) is 24.1. The van der Waals surface area contributed by atoms with Crippen LogP contribution in [0, 0.1) is 13.8 Å². The molecule has 0 saturated carbocycles. The third-order valence-corrected chi connectivity index (χ3v) is 6.31. The minimum Gasteiger partial charge on any atom is -0.444 e. The fourth-order valence-corrected chi connectivity index (χ4v) is 4.32. The Kier molecular flexibility index (Phi) is 10.6. The Labute approximate surface area is 226 Å². The molecule has 0 saturated heterocycles. The first-order valence-electron chi connectivity index (χ1n) is 12.7. The van der Waals surface area contributed by atoms with Crippen molar-refractivity contribution in [3.8, 4) is 0 Å². The molecule has 0 spiro atoms. The van der Waals surface area contributed by atoms with Gasteiger partial charge in [0.15, 0.2) is 0 Å². The van der Waals surface area contributed by atoms with E-state index in [0.717, 1.165) is 28.8 Å². The summed E-state index contributed by atoms with van der Waals surface area (Å²) in [6.07, 6.45) is 0.140. The number of carbonyl (C=O) groups excluding carboxylic acids is 3. The predicted octanol–water partition coefficient (Wildman–Crippen LogP) is 5.61. The Morgan fingerprint density at radius 3 is 2.03 bits per heavy atom. The van der Waals surface area contributed by atoms with Crippen molar-refractivity contribution in [2.45, 2.75) is 85.5 Å². The lowest BCUT2D eigenvalue weighted by Crippen LogP contribution is -2.55. The lowest BCUT2D eigenvalue weighted by atomic mass is 9.99. The summed E-state index contributed by atoms with van der Waals surface area (Å²) < 4.78 is 5.35. The highest BCUT2D eigenvalue weighted by Crippen LogP contribution is 2.29. The number of aryl methyl sites for hydroxylation is 3. The second-order valence-electron chi connectivity index (χ2n) is 10.5. The molecule has 2 aromatic carbocycles. The molecule has 0 aliphatic heterocycles. The number of alkyl carbamates (subject to hydrolysis) is 1. The van der Waals surface area contributed by atoms with Gasteiger partial charge in [-0.1, -0.05) is 49.4 Å². The first kappa shape index (κ1) is 30.2. The monoisotopic (exact) mass is 527 g/mol. The number of ether oxygens (including phenoxy) is 1. The van der Waals surface area contributed by atoms with Crippen LogP contribution in [-0.4, -0.2) is 46.2 Å². The minimum absolute atomic E-state index is 0.0430. The third-order valence-electron chi connectivity index (χ3n) is 5.94. The minimum atomic E-state index is -0.981. The highest BCUT2D eigenvalue weighted by molar-refractivity contribution is 7.80. The van der Waals surface area contributed by atoms with Crippen LogP contribution in [0.3, 0.4) is 0 Å². The number of rotatable bonds is 9. The summed E-state index contributed by atoms with van der Waals surface area (Å²) in [4.78, 5) is 41.8. The maximum Gasteiger partial charge on any atom is 0.408 e. The number of hydrogen-bond acceptors (Lipinski definition) is 5. The largest absolute Gasteiger partial charge is 0.444 e. The van der Waals surface area contributed by atoms with Gasteiger partial charge in [-0.3, -0.25) is 9.59 Å². The Bertz CT molecular complexity index is 1070. The topological polar surface area (TPSA) is 87.7 Å². The van der Waals surface area contributed by atoms with Crippen LogP contribution in [0.15, 0.2) is 42.5 Å². The summed E-state index contributed by atoms with van der Waals surface area (Å²) in [7, 11) is 0. The molecular weight excluding hydrogens is 486 g/mol. The number of anilines is 1. The average Bonchev–Trinajstić information content (AvgIpc) is 2.81. The number of hydrogen-bond donors (Lipinski definition) is 3. The maximum atomic E-state index is 13.9. The van der Waals surface area contributed by atoms with Gasteiger partial charge < -0.3 is 20.3 Å². The molecule has 2 aromatic rings. The highest BCUT2D eigenvalue weighted by atomic mass is 32.1. The Morgan fingerprint density at radius 1 is 1.00 bits per heavy atom. The van der Waals surface area contributed by atoms with Crippen molar-refractivity contribution in [3.05, 3.63) is 64.7 Å². The van der Waals surface area contributed by atoms with Crippen LogP contribution in [0.2, 0.25) is 0 Å². The first-order chi connectivity index (χ1) is 17.3. The molecular formula is C29H41N3O4S. The quantitative estimate of drug-likeness (QED) is 0.370. The molecule has 3 amide bonds. The van der Waals surface area contributed by atoms with Gasteiger partial charge in [0.25, 0.3) is 5.91 Å². The number of carbonyl (C=O) groups is 3. The van der Waals surface area contributed by atoms with E-state index in [9.17, 15) is 14.4 Å². The van der Waals surface area contributed by atoms with Gasteiger partial charge in [0.1, 0.15) is 17.7 Å².